The molecule has 0 aliphatic heterocycles. The molecule has 0 amide bonds. The third-order valence-electron chi connectivity index (χ3n) is 2.20. The van der Waals surface area contributed by atoms with Gasteiger partial charge in [0.1, 0.15) is 5.75 Å². The standard InChI is InChI=1S/C13H13N3O3/c14-10-3-1-4-11(7-10)18-9-13(17)19-8-12-15-5-2-6-16-12/h1-7H,8-9,14H2. The zero-order valence-electron chi connectivity index (χ0n) is 10.2. The number of hydrogen-bond acceptors (Lipinski definition) is 6. The smallest absolute Gasteiger partial charge is 0.344 e. The predicted molar refractivity (Wildman–Crippen MR) is 68.2 cm³/mol. The number of nitrogens with two attached hydrogens (primary N) is 1. The molecule has 0 atom stereocenters. The average Bonchev–Trinajstić information content (AvgIpc) is 2.44. The van der Waals surface area contributed by atoms with Crippen molar-refractivity contribution < 1.29 is 14.3 Å². The summed E-state index contributed by atoms with van der Waals surface area (Å²) in [5, 5.41) is 0. The van der Waals surface area contributed by atoms with Crippen LogP contribution in [0.25, 0.3) is 0 Å². The first-order chi connectivity index (χ1) is 9.24. The fourth-order valence-corrected chi connectivity index (χ4v) is 1.34. The number of carbonyl (C=O) groups excluding carboxylic acids is 1. The lowest BCUT2D eigenvalue weighted by Crippen LogP contribution is -2.15. The number of benzene rings is 1. The number of carbonyl (C=O) groups is 1. The van der Waals surface area contributed by atoms with E-state index in [9.17, 15) is 4.79 Å². The van der Waals surface area contributed by atoms with Gasteiger partial charge in [0.25, 0.3) is 0 Å². The van der Waals surface area contributed by atoms with E-state index in [1.807, 2.05) is 0 Å². The maximum Gasteiger partial charge on any atom is 0.344 e. The minimum absolute atomic E-state index is 0.0277. The number of ether oxygens (including phenoxy) is 2. The Labute approximate surface area is 110 Å². The summed E-state index contributed by atoms with van der Waals surface area (Å²) in [6, 6.07) is 8.51. The van der Waals surface area contributed by atoms with E-state index in [4.69, 9.17) is 15.2 Å². The molecule has 19 heavy (non-hydrogen) atoms. The normalized spacial score (nSPS) is 9.89. The first kappa shape index (κ1) is 12.8. The molecule has 0 radical (unpaired) electrons. The molecule has 0 aliphatic rings. The first-order valence-electron chi connectivity index (χ1n) is 5.64. The molecule has 2 rings (SSSR count). The van der Waals surface area contributed by atoms with Crippen LogP contribution in [0.3, 0.4) is 0 Å². The molecule has 0 spiro atoms. The zero-order chi connectivity index (χ0) is 13.5. The summed E-state index contributed by atoms with van der Waals surface area (Å²) in [4.78, 5) is 19.3. The third kappa shape index (κ3) is 4.27. The molecule has 0 bridgehead atoms. The van der Waals surface area contributed by atoms with Gasteiger partial charge in [-0.3, -0.25) is 0 Å². The number of hydrogen-bond donors (Lipinski definition) is 1. The van der Waals surface area contributed by atoms with Crippen molar-refractivity contribution in [2.24, 2.45) is 0 Å². The molecule has 0 saturated carbocycles. The van der Waals surface area contributed by atoms with E-state index in [0.29, 0.717) is 17.3 Å². The lowest BCUT2D eigenvalue weighted by atomic mass is 10.3. The Hall–Kier alpha value is -2.63. The van der Waals surface area contributed by atoms with E-state index in [1.165, 1.54) is 0 Å². The van der Waals surface area contributed by atoms with Crippen LogP contribution in [0.2, 0.25) is 0 Å². The number of nitrogens with zero attached hydrogens (tertiary/aromatic N) is 2. The molecule has 0 unspecified atom stereocenters. The van der Waals surface area contributed by atoms with Crippen LogP contribution in [0.5, 0.6) is 5.75 Å². The molecule has 1 aromatic heterocycles. The van der Waals surface area contributed by atoms with Crippen molar-refractivity contribution in [2.75, 3.05) is 12.3 Å². The predicted octanol–water partition coefficient (Wildman–Crippen LogP) is 1.18. The zero-order valence-corrected chi connectivity index (χ0v) is 10.2. The number of anilines is 1. The number of rotatable bonds is 5. The Morgan fingerprint density at radius 3 is 2.74 bits per heavy atom. The van der Waals surface area contributed by atoms with Crippen LogP contribution in [0, 0.1) is 0 Å². The number of esters is 1. The maximum atomic E-state index is 11.4. The van der Waals surface area contributed by atoms with E-state index >= 15 is 0 Å². The summed E-state index contributed by atoms with van der Waals surface area (Å²) in [5.74, 6) is 0.475. The summed E-state index contributed by atoms with van der Waals surface area (Å²) >= 11 is 0. The van der Waals surface area contributed by atoms with Gasteiger partial charge in [-0.15, -0.1) is 0 Å². The Morgan fingerprint density at radius 2 is 2.00 bits per heavy atom. The Bertz CT molecular complexity index is 546. The lowest BCUT2D eigenvalue weighted by Gasteiger charge is -2.06. The van der Waals surface area contributed by atoms with Crippen molar-refractivity contribution in [3.05, 3.63) is 48.5 Å². The van der Waals surface area contributed by atoms with Crippen molar-refractivity contribution in [2.45, 2.75) is 6.61 Å². The Morgan fingerprint density at radius 1 is 1.21 bits per heavy atom. The minimum Gasteiger partial charge on any atom is -0.482 e. The quantitative estimate of drug-likeness (QED) is 0.641. The van der Waals surface area contributed by atoms with Crippen molar-refractivity contribution >= 4 is 11.7 Å². The summed E-state index contributed by atoms with van der Waals surface area (Å²) in [6.45, 7) is -0.156. The van der Waals surface area contributed by atoms with Gasteiger partial charge in [0.05, 0.1) is 0 Å². The van der Waals surface area contributed by atoms with Crippen LogP contribution in [-0.4, -0.2) is 22.5 Å². The van der Waals surface area contributed by atoms with E-state index in [1.54, 1.807) is 42.7 Å². The highest BCUT2D eigenvalue weighted by Crippen LogP contribution is 2.14. The van der Waals surface area contributed by atoms with Gasteiger partial charge < -0.3 is 15.2 Å². The molecule has 2 aromatic rings. The molecule has 98 valence electrons. The highest BCUT2D eigenvalue weighted by Gasteiger charge is 2.06. The van der Waals surface area contributed by atoms with E-state index in [2.05, 4.69) is 9.97 Å². The van der Waals surface area contributed by atoms with E-state index < -0.39 is 5.97 Å². The molecular formula is C13H13N3O3. The van der Waals surface area contributed by atoms with Crippen LogP contribution >= 0.6 is 0 Å². The molecule has 6 heteroatoms. The lowest BCUT2D eigenvalue weighted by molar-refractivity contribution is -0.147. The highest BCUT2D eigenvalue weighted by molar-refractivity contribution is 5.71. The fraction of sp³-hybridized carbons (Fsp3) is 0.154. The second-order valence-electron chi connectivity index (χ2n) is 3.69. The van der Waals surface area contributed by atoms with Gasteiger partial charge in [0.15, 0.2) is 19.0 Å². The van der Waals surface area contributed by atoms with Gasteiger partial charge in [0.2, 0.25) is 0 Å². The van der Waals surface area contributed by atoms with Gasteiger partial charge in [-0.25, -0.2) is 14.8 Å². The number of aromatic nitrogens is 2. The third-order valence-corrected chi connectivity index (χ3v) is 2.20. The van der Waals surface area contributed by atoms with Crippen molar-refractivity contribution in [1.82, 2.24) is 9.97 Å². The second kappa shape index (κ2) is 6.34. The van der Waals surface area contributed by atoms with E-state index in [-0.39, 0.29) is 13.2 Å². The van der Waals surface area contributed by atoms with Gasteiger partial charge in [0, 0.05) is 24.1 Å². The SMILES string of the molecule is Nc1cccc(OCC(=O)OCc2ncccn2)c1. The summed E-state index contributed by atoms with van der Waals surface area (Å²) in [7, 11) is 0. The van der Waals surface area contributed by atoms with Crippen molar-refractivity contribution in [1.29, 1.82) is 0 Å². The van der Waals surface area contributed by atoms with Gasteiger partial charge >= 0.3 is 5.97 Å². The second-order valence-corrected chi connectivity index (χ2v) is 3.69. The average molecular weight is 259 g/mol. The minimum atomic E-state index is -0.491. The Balaban J connectivity index is 1.76. The molecule has 0 saturated heterocycles. The molecular weight excluding hydrogens is 246 g/mol. The van der Waals surface area contributed by atoms with E-state index in [0.717, 1.165) is 0 Å². The van der Waals surface area contributed by atoms with Crippen LogP contribution < -0.4 is 10.5 Å². The first-order valence-corrected chi connectivity index (χ1v) is 5.64. The molecule has 6 nitrogen and oxygen atoms in total. The van der Waals surface area contributed by atoms with Crippen LogP contribution in [0.15, 0.2) is 42.7 Å². The molecule has 0 fully saturated rings. The fourth-order valence-electron chi connectivity index (χ4n) is 1.34. The summed E-state index contributed by atoms with van der Waals surface area (Å²) in [6.07, 6.45) is 3.17. The topological polar surface area (TPSA) is 87.3 Å². The molecule has 0 aliphatic carbocycles. The number of nitrogen functional groups attached to an aromatic ring is 1. The molecule has 1 aromatic carbocycles. The van der Waals surface area contributed by atoms with Gasteiger partial charge in [-0.05, 0) is 18.2 Å². The van der Waals surface area contributed by atoms with Crippen LogP contribution in [0.1, 0.15) is 5.82 Å². The largest absolute Gasteiger partial charge is 0.482 e. The monoisotopic (exact) mass is 259 g/mol. The van der Waals surface area contributed by atoms with Crippen LogP contribution in [0.4, 0.5) is 5.69 Å². The Kier molecular flexibility index (Phi) is 4.28. The maximum absolute atomic E-state index is 11.4. The summed E-state index contributed by atoms with van der Waals surface area (Å²) in [5.41, 5.74) is 6.16. The van der Waals surface area contributed by atoms with Crippen LogP contribution in [-0.2, 0) is 16.1 Å². The molecule has 2 N–H and O–H groups in total. The van der Waals surface area contributed by atoms with Crippen molar-refractivity contribution in [3.63, 3.8) is 0 Å². The van der Waals surface area contributed by atoms with Gasteiger partial charge in [-0.1, -0.05) is 6.07 Å². The highest BCUT2D eigenvalue weighted by atomic mass is 16.6. The van der Waals surface area contributed by atoms with Gasteiger partial charge in [-0.2, -0.15) is 0 Å². The molecule has 1 heterocycles. The summed E-state index contributed by atoms with van der Waals surface area (Å²) < 4.78 is 10.2. The van der Waals surface area contributed by atoms with Crippen molar-refractivity contribution in [3.8, 4) is 5.75 Å².